The average Bonchev–Trinajstić information content (AvgIpc) is 2.58. The Balaban J connectivity index is 1.89. The topological polar surface area (TPSA) is 60.2 Å². The normalized spacial score (nSPS) is 19.7. The van der Waals surface area contributed by atoms with Gasteiger partial charge in [0.15, 0.2) is 5.78 Å². The summed E-state index contributed by atoms with van der Waals surface area (Å²) in [6.45, 7) is 0. The van der Waals surface area contributed by atoms with Crippen LogP contribution in [0.4, 0.5) is 5.69 Å². The summed E-state index contributed by atoms with van der Waals surface area (Å²) >= 11 is 0. The third-order valence-electron chi connectivity index (χ3n) is 4.20. The van der Waals surface area contributed by atoms with Crippen molar-refractivity contribution in [3.05, 3.63) is 81.4 Å². The zero-order valence-corrected chi connectivity index (χ0v) is 12.6. The van der Waals surface area contributed by atoms with Crippen LogP contribution in [0.2, 0.25) is 0 Å². The molecule has 0 N–H and O–H groups in total. The maximum Gasteiger partial charge on any atom is 0.270 e. The minimum Gasteiger partial charge on any atom is -0.294 e. The molecule has 1 saturated carbocycles. The van der Waals surface area contributed by atoms with Crippen LogP contribution in [-0.4, -0.2) is 10.7 Å². The van der Waals surface area contributed by atoms with Crippen molar-refractivity contribution in [2.75, 3.05) is 0 Å². The van der Waals surface area contributed by atoms with Crippen LogP contribution in [-0.2, 0) is 4.79 Å². The first-order valence-corrected chi connectivity index (χ1v) is 7.69. The summed E-state index contributed by atoms with van der Waals surface area (Å²) in [5.41, 5.74) is 2.55. The van der Waals surface area contributed by atoms with E-state index in [-0.39, 0.29) is 17.4 Å². The lowest BCUT2D eigenvalue weighted by Gasteiger charge is -2.23. The summed E-state index contributed by atoms with van der Waals surface area (Å²) in [7, 11) is 0. The standard InChI is InChI=1S/C19H17NO3/c21-19-16(12-14-6-4-10-17(13-14)20(22)23)9-5-11-18(19)15-7-2-1-3-8-15/h1-4,6-8,10,12-13,18H,5,9,11H2/b16-12+/t18-/m0/s1. The van der Waals surface area contributed by atoms with E-state index in [2.05, 4.69) is 0 Å². The van der Waals surface area contributed by atoms with Crippen LogP contribution in [0.25, 0.3) is 6.08 Å². The van der Waals surface area contributed by atoms with Gasteiger partial charge >= 0.3 is 0 Å². The monoisotopic (exact) mass is 307 g/mol. The molecule has 1 atom stereocenters. The summed E-state index contributed by atoms with van der Waals surface area (Å²) < 4.78 is 0. The molecule has 0 radical (unpaired) electrons. The van der Waals surface area contributed by atoms with Crippen LogP contribution >= 0.6 is 0 Å². The van der Waals surface area contributed by atoms with E-state index in [9.17, 15) is 14.9 Å². The molecule has 0 aromatic heterocycles. The molecule has 116 valence electrons. The molecule has 0 aliphatic heterocycles. The van der Waals surface area contributed by atoms with Gasteiger partial charge in [0.2, 0.25) is 0 Å². The molecule has 0 unspecified atom stereocenters. The lowest BCUT2D eigenvalue weighted by atomic mass is 9.79. The number of allylic oxidation sites excluding steroid dienone is 1. The van der Waals surface area contributed by atoms with E-state index >= 15 is 0 Å². The molecule has 2 aromatic rings. The Labute approximate surface area is 134 Å². The highest BCUT2D eigenvalue weighted by Gasteiger charge is 2.27. The van der Waals surface area contributed by atoms with Gasteiger partial charge in [0.1, 0.15) is 0 Å². The number of non-ortho nitro benzene ring substituents is 1. The Morgan fingerprint density at radius 3 is 2.61 bits per heavy atom. The van der Waals surface area contributed by atoms with Gasteiger partial charge in [0.05, 0.1) is 4.92 Å². The van der Waals surface area contributed by atoms with E-state index < -0.39 is 4.92 Å². The molecule has 23 heavy (non-hydrogen) atoms. The molecule has 0 heterocycles. The molecule has 2 aromatic carbocycles. The number of nitro groups is 1. The molecule has 0 spiro atoms. The number of carbonyl (C=O) groups excluding carboxylic acids is 1. The number of carbonyl (C=O) groups is 1. The van der Waals surface area contributed by atoms with Gasteiger partial charge < -0.3 is 0 Å². The molecule has 1 fully saturated rings. The van der Waals surface area contributed by atoms with Crippen molar-refractivity contribution in [2.45, 2.75) is 25.2 Å². The number of hydrogen-bond donors (Lipinski definition) is 0. The van der Waals surface area contributed by atoms with E-state index in [1.54, 1.807) is 18.2 Å². The summed E-state index contributed by atoms with van der Waals surface area (Å²) in [4.78, 5) is 23.2. The van der Waals surface area contributed by atoms with Crippen molar-refractivity contribution in [1.29, 1.82) is 0 Å². The SMILES string of the molecule is O=C1/C(=C/c2cccc([N+](=O)[O-])c2)CCC[C@H]1c1ccccc1. The highest BCUT2D eigenvalue weighted by molar-refractivity contribution is 6.04. The van der Waals surface area contributed by atoms with Crippen LogP contribution < -0.4 is 0 Å². The van der Waals surface area contributed by atoms with Crippen molar-refractivity contribution in [3.8, 4) is 0 Å². The first-order valence-electron chi connectivity index (χ1n) is 7.69. The lowest BCUT2D eigenvalue weighted by Crippen LogP contribution is -2.19. The van der Waals surface area contributed by atoms with Gasteiger partial charge in [-0.15, -0.1) is 0 Å². The minimum absolute atomic E-state index is 0.0437. The van der Waals surface area contributed by atoms with Gasteiger partial charge in [-0.05, 0) is 42.0 Å². The summed E-state index contributed by atoms with van der Waals surface area (Å²) in [6.07, 6.45) is 4.33. The number of rotatable bonds is 3. The first-order chi connectivity index (χ1) is 11.1. The molecule has 3 rings (SSSR count). The highest BCUT2D eigenvalue weighted by atomic mass is 16.6. The third kappa shape index (κ3) is 3.37. The molecular weight excluding hydrogens is 290 g/mol. The van der Waals surface area contributed by atoms with Crippen molar-refractivity contribution in [2.24, 2.45) is 0 Å². The van der Waals surface area contributed by atoms with Crippen molar-refractivity contribution < 1.29 is 9.72 Å². The van der Waals surface area contributed by atoms with E-state index in [0.29, 0.717) is 5.56 Å². The fourth-order valence-corrected chi connectivity index (χ4v) is 3.05. The van der Waals surface area contributed by atoms with E-state index in [1.165, 1.54) is 12.1 Å². The quantitative estimate of drug-likeness (QED) is 0.476. The number of nitro benzene ring substituents is 1. The maximum absolute atomic E-state index is 12.7. The maximum atomic E-state index is 12.7. The van der Waals surface area contributed by atoms with Gasteiger partial charge in [-0.2, -0.15) is 0 Å². The Morgan fingerprint density at radius 1 is 1.09 bits per heavy atom. The van der Waals surface area contributed by atoms with Gasteiger partial charge in [0.25, 0.3) is 5.69 Å². The van der Waals surface area contributed by atoms with Crippen molar-refractivity contribution >= 4 is 17.5 Å². The van der Waals surface area contributed by atoms with E-state index in [0.717, 1.165) is 30.4 Å². The molecule has 0 bridgehead atoms. The largest absolute Gasteiger partial charge is 0.294 e. The van der Waals surface area contributed by atoms with Crippen molar-refractivity contribution in [1.82, 2.24) is 0 Å². The molecular formula is C19H17NO3. The molecule has 0 saturated heterocycles. The highest BCUT2D eigenvalue weighted by Crippen LogP contribution is 2.34. The second kappa shape index (κ2) is 6.57. The third-order valence-corrected chi connectivity index (χ3v) is 4.20. The van der Waals surface area contributed by atoms with E-state index in [4.69, 9.17) is 0 Å². The predicted octanol–water partition coefficient (Wildman–Crippen LogP) is 4.52. The van der Waals surface area contributed by atoms with Gasteiger partial charge in [-0.1, -0.05) is 42.5 Å². The fourth-order valence-electron chi connectivity index (χ4n) is 3.05. The number of Topliss-reactive ketones (excluding diaryl/α,β-unsaturated/α-hetero) is 1. The van der Waals surface area contributed by atoms with Crippen LogP contribution in [0.3, 0.4) is 0 Å². The Bertz CT molecular complexity index is 765. The molecule has 1 aliphatic carbocycles. The smallest absolute Gasteiger partial charge is 0.270 e. The Hall–Kier alpha value is -2.75. The average molecular weight is 307 g/mol. The Kier molecular flexibility index (Phi) is 4.33. The summed E-state index contributed by atoms with van der Waals surface area (Å²) in [6, 6.07) is 16.2. The summed E-state index contributed by atoms with van der Waals surface area (Å²) in [5, 5.41) is 10.9. The predicted molar refractivity (Wildman–Crippen MR) is 89.1 cm³/mol. The molecule has 0 amide bonds. The second-order valence-corrected chi connectivity index (χ2v) is 5.74. The van der Waals surface area contributed by atoms with Gasteiger partial charge in [-0.3, -0.25) is 14.9 Å². The minimum atomic E-state index is -0.419. The number of benzene rings is 2. The number of hydrogen-bond acceptors (Lipinski definition) is 3. The molecule has 4 heteroatoms. The fraction of sp³-hybridized carbons (Fsp3) is 0.211. The zero-order chi connectivity index (χ0) is 16.2. The number of nitrogens with zero attached hydrogens (tertiary/aromatic N) is 1. The van der Waals surface area contributed by atoms with Crippen LogP contribution in [0.1, 0.15) is 36.3 Å². The van der Waals surface area contributed by atoms with Crippen LogP contribution in [0, 0.1) is 10.1 Å². The number of ketones is 1. The van der Waals surface area contributed by atoms with Gasteiger partial charge in [-0.25, -0.2) is 0 Å². The lowest BCUT2D eigenvalue weighted by molar-refractivity contribution is -0.384. The Morgan fingerprint density at radius 2 is 1.87 bits per heavy atom. The van der Waals surface area contributed by atoms with Crippen molar-refractivity contribution in [3.63, 3.8) is 0 Å². The molecule has 1 aliphatic rings. The van der Waals surface area contributed by atoms with Gasteiger partial charge in [0, 0.05) is 18.1 Å². The van der Waals surface area contributed by atoms with E-state index in [1.807, 2.05) is 30.3 Å². The van der Waals surface area contributed by atoms with Crippen LogP contribution in [0.5, 0.6) is 0 Å². The molecule has 4 nitrogen and oxygen atoms in total. The van der Waals surface area contributed by atoms with Crippen LogP contribution in [0.15, 0.2) is 60.2 Å². The first kappa shape index (κ1) is 15.2. The summed E-state index contributed by atoms with van der Waals surface area (Å²) in [5.74, 6) is 0.0313. The zero-order valence-electron chi connectivity index (χ0n) is 12.6. The second-order valence-electron chi connectivity index (χ2n) is 5.74.